The Balaban J connectivity index is 0.000000230. The van der Waals surface area contributed by atoms with Crippen molar-refractivity contribution in [2.45, 2.75) is 9.79 Å². The molecule has 344 valence electrons. The molecule has 8 rings (SSSR count). The largest absolute Gasteiger partial charge is 1.00 e. The van der Waals surface area contributed by atoms with Gasteiger partial charge in [0.25, 0.3) is 20.0 Å². The van der Waals surface area contributed by atoms with E-state index in [1.54, 1.807) is 91.8 Å². The van der Waals surface area contributed by atoms with E-state index in [-0.39, 0.29) is 22.2 Å². The summed E-state index contributed by atoms with van der Waals surface area (Å²) in [6.45, 7) is 0. The third-order valence-corrected chi connectivity index (χ3v) is 10.8. The van der Waals surface area contributed by atoms with Crippen LogP contribution in [0.2, 0.25) is 0 Å². The van der Waals surface area contributed by atoms with Crippen LogP contribution in [0.4, 0.5) is 5.69 Å². The average molecular weight is 962 g/mol. The van der Waals surface area contributed by atoms with Crippen LogP contribution in [0.1, 0.15) is 15.9 Å². The number of hydrogen-bond donors (Lipinski definition) is 3. The molecule has 0 saturated carbocycles. The summed E-state index contributed by atoms with van der Waals surface area (Å²) >= 11 is 0. The van der Waals surface area contributed by atoms with E-state index in [1.165, 1.54) is 35.3 Å². The summed E-state index contributed by atoms with van der Waals surface area (Å²) in [6.07, 6.45) is 2.29. The van der Waals surface area contributed by atoms with Crippen molar-refractivity contribution in [3.05, 3.63) is 216 Å². The van der Waals surface area contributed by atoms with Gasteiger partial charge in [0.1, 0.15) is 17.8 Å². The van der Waals surface area contributed by atoms with Crippen LogP contribution in [0, 0.1) is 5.39 Å². The summed E-state index contributed by atoms with van der Waals surface area (Å²) in [5.74, 6) is 6.96. The Bertz CT molecular complexity index is 2940. The highest BCUT2D eigenvalue weighted by atomic mass is 35.5. The number of carbonyl (C=O) groups is 1. The number of tetrazole rings is 1. The first-order valence-electron chi connectivity index (χ1n) is 19.4. The summed E-state index contributed by atoms with van der Waals surface area (Å²) in [4.78, 5) is 18.8. The predicted octanol–water partition coefficient (Wildman–Crippen LogP) is 4.86. The molecule has 0 spiro atoms. The smallest absolute Gasteiger partial charge is 0.385 e. The lowest BCUT2D eigenvalue weighted by Crippen LogP contribution is -3.00. The maximum absolute atomic E-state index is 11.8. The van der Waals surface area contributed by atoms with Crippen molar-refractivity contribution in [2.75, 3.05) is 14.2 Å². The van der Waals surface area contributed by atoms with E-state index in [2.05, 4.69) is 30.3 Å². The molecule has 4 N–H and O–H groups in total. The van der Waals surface area contributed by atoms with Crippen LogP contribution in [0.3, 0.4) is 0 Å². The van der Waals surface area contributed by atoms with Gasteiger partial charge in [-0.1, -0.05) is 127 Å². The van der Waals surface area contributed by atoms with Gasteiger partial charge in [0, 0.05) is 23.3 Å². The molecular formula is C47H45ClN10O7S2. The number of nitrogens with one attached hydrogen (secondary N) is 2. The van der Waals surface area contributed by atoms with Crippen molar-refractivity contribution in [1.82, 2.24) is 29.9 Å². The van der Waals surface area contributed by atoms with Crippen LogP contribution in [0.25, 0.3) is 22.1 Å². The molecule has 7 aromatic carbocycles. The Labute approximate surface area is 395 Å². The van der Waals surface area contributed by atoms with Crippen molar-refractivity contribution < 1.29 is 43.5 Å². The minimum Gasteiger partial charge on any atom is -1.00 e. The zero-order valence-corrected chi connectivity index (χ0v) is 38.4. The number of aromatic nitrogens is 4. The summed E-state index contributed by atoms with van der Waals surface area (Å²) < 4.78 is 55.5. The maximum atomic E-state index is 11.8. The standard InChI is InChI=1S/C14H12N4O.C13H12N2O2S.C7H7N2O.C7H6O.C6H8N2O2S.ClH/c1-19-13-9-7-12(8-10-13)18-16-14(15-17-18)11-5-3-2-4-6-11;16-18(17,13-9-5-2-6-10-13)15-14-11-12-7-3-1-4-8-12;1-10-7-4-2-6(9-8)3-5-7;8-6-7-4-2-1-3-5-7;7-8-11(9,10)6-4-2-1-3-5-6;/h2-10H,1H3;1-11,15H;2-5H,1H3;1-6H;1-5,8H,7H2;1H/q;;+1;;;/p-1/b;14-11+;;;;. The number of benzene rings is 7. The SMILES string of the molecule is COc1ccc(-n2nnc(-c3ccccc3)n2)cc1.COc1ccc([N+]#N)cc1.NNS(=O)(=O)c1ccccc1.O=Cc1ccccc1.O=S(=O)(N/N=C/c1ccccc1)c1ccccc1.[Cl-]. The molecule has 0 fully saturated rings. The average Bonchev–Trinajstić information content (AvgIpc) is 3.89. The van der Waals surface area contributed by atoms with E-state index >= 15 is 0 Å². The Kier molecular flexibility index (Phi) is 22.7. The summed E-state index contributed by atoms with van der Waals surface area (Å²) in [7, 11) is -3.83. The Morgan fingerprint density at radius 3 is 1.48 bits per heavy atom. The van der Waals surface area contributed by atoms with Gasteiger partial charge in [0.05, 0.1) is 35.9 Å². The predicted molar refractivity (Wildman–Crippen MR) is 252 cm³/mol. The first-order valence-corrected chi connectivity index (χ1v) is 22.4. The van der Waals surface area contributed by atoms with Crippen LogP contribution in [0.5, 0.6) is 11.5 Å². The topological polar surface area (TPSA) is 238 Å². The summed E-state index contributed by atoms with van der Waals surface area (Å²) in [5, 5.41) is 24.5. The molecule has 0 aliphatic rings. The number of nitrogens with zero attached hydrogens (tertiary/aromatic N) is 7. The Morgan fingerprint density at radius 1 is 0.612 bits per heavy atom. The zero-order valence-electron chi connectivity index (χ0n) is 36.0. The first-order chi connectivity index (χ1) is 32.0. The fourth-order valence-electron chi connectivity index (χ4n) is 4.95. The Hall–Kier alpha value is -8.12. The van der Waals surface area contributed by atoms with Gasteiger partial charge in [-0.3, -0.25) is 10.6 Å². The van der Waals surface area contributed by atoms with Gasteiger partial charge < -0.3 is 21.9 Å². The van der Waals surface area contributed by atoms with Crippen molar-refractivity contribution in [2.24, 2.45) is 10.9 Å². The van der Waals surface area contributed by atoms with Crippen molar-refractivity contribution >= 4 is 38.2 Å². The number of rotatable bonds is 11. The number of sulfonamides is 2. The van der Waals surface area contributed by atoms with Crippen molar-refractivity contribution in [3.8, 4) is 28.6 Å². The fraction of sp³-hybridized carbons (Fsp3) is 0.0426. The van der Waals surface area contributed by atoms with Gasteiger partial charge in [0.15, 0.2) is 4.98 Å². The maximum Gasteiger partial charge on any atom is 0.385 e. The lowest BCUT2D eigenvalue weighted by atomic mass is 10.2. The summed E-state index contributed by atoms with van der Waals surface area (Å²) in [5.41, 5.74) is 3.87. The number of ether oxygens (including phenoxy) is 2. The van der Waals surface area contributed by atoms with Crippen LogP contribution in [-0.4, -0.2) is 63.8 Å². The third kappa shape index (κ3) is 18.5. The monoisotopic (exact) mass is 960 g/mol. The summed E-state index contributed by atoms with van der Waals surface area (Å²) in [6, 6.07) is 58.4. The van der Waals surface area contributed by atoms with Gasteiger partial charge in [-0.05, 0) is 71.4 Å². The van der Waals surface area contributed by atoms with Crippen LogP contribution >= 0.6 is 0 Å². The second-order valence-corrected chi connectivity index (χ2v) is 16.2. The second-order valence-electron chi connectivity index (χ2n) is 12.8. The molecule has 0 aliphatic heterocycles. The molecule has 0 saturated heterocycles. The normalized spacial score (nSPS) is 10.2. The third-order valence-electron chi connectivity index (χ3n) is 8.32. The molecule has 17 nitrogen and oxygen atoms in total. The van der Waals surface area contributed by atoms with Crippen molar-refractivity contribution in [1.29, 1.82) is 5.39 Å². The molecule has 0 atom stereocenters. The second kappa shape index (κ2) is 28.6. The van der Waals surface area contributed by atoms with Crippen LogP contribution < -0.4 is 37.4 Å². The molecular weight excluding hydrogens is 916 g/mol. The van der Waals surface area contributed by atoms with Gasteiger partial charge in [-0.15, -0.1) is 15.0 Å². The number of carbonyl (C=O) groups excluding carboxylic acids is 1. The number of diazo groups is 1. The number of hydrogen-bond acceptors (Lipinski definition) is 13. The number of hydrazine groups is 1. The molecule has 0 aliphatic carbocycles. The zero-order chi connectivity index (χ0) is 47.5. The molecule has 0 radical (unpaired) electrons. The number of aldehydes is 1. The van der Waals surface area contributed by atoms with E-state index in [9.17, 15) is 21.6 Å². The fourth-order valence-corrected chi connectivity index (χ4v) is 6.42. The highest BCUT2D eigenvalue weighted by Crippen LogP contribution is 2.18. The number of methoxy groups -OCH3 is 2. The number of hydrazone groups is 1. The Morgan fingerprint density at radius 2 is 1.04 bits per heavy atom. The number of nitrogens with two attached hydrogens (primary N) is 1. The first kappa shape index (κ1) is 53.2. The number of halogens is 1. The van der Waals surface area contributed by atoms with Crippen molar-refractivity contribution in [3.63, 3.8) is 0 Å². The van der Waals surface area contributed by atoms with Gasteiger partial charge in [0.2, 0.25) is 11.2 Å². The highest BCUT2D eigenvalue weighted by Gasteiger charge is 2.11. The lowest BCUT2D eigenvalue weighted by Gasteiger charge is -2.02. The van der Waals surface area contributed by atoms with Gasteiger partial charge in [-0.25, -0.2) is 13.2 Å². The van der Waals surface area contributed by atoms with Crippen LogP contribution in [-0.2, 0) is 20.0 Å². The van der Waals surface area contributed by atoms with E-state index in [4.69, 9.17) is 20.7 Å². The molecule has 0 unspecified atom stereocenters. The highest BCUT2D eigenvalue weighted by molar-refractivity contribution is 7.89. The molecule has 0 amide bonds. The van der Waals surface area contributed by atoms with E-state index in [0.29, 0.717) is 11.5 Å². The minimum atomic E-state index is -3.58. The molecule has 20 heteroatoms. The van der Waals surface area contributed by atoms with E-state index in [1.807, 2.05) is 103 Å². The quantitative estimate of drug-likeness (QED) is 0.0518. The van der Waals surface area contributed by atoms with Gasteiger partial charge >= 0.3 is 5.69 Å². The van der Waals surface area contributed by atoms with Gasteiger partial charge in [-0.2, -0.15) is 18.4 Å². The minimum absolute atomic E-state index is 0. The molecule has 8 aromatic rings. The molecule has 0 bridgehead atoms. The van der Waals surface area contributed by atoms with E-state index < -0.39 is 20.0 Å². The molecule has 1 heterocycles. The lowest BCUT2D eigenvalue weighted by molar-refractivity contribution is -0.0000253. The van der Waals surface area contributed by atoms with Crippen LogP contribution in [0.15, 0.2) is 215 Å². The molecule has 67 heavy (non-hydrogen) atoms. The molecule has 1 aromatic heterocycles. The van der Waals surface area contributed by atoms with E-state index in [0.717, 1.165) is 40.2 Å².